The number of aliphatic hydroxyl groups is 1. The molecule has 1 saturated heterocycles. The fraction of sp³-hybridized carbons (Fsp3) is 0.733. The van der Waals surface area contributed by atoms with Crippen molar-refractivity contribution < 1.29 is 14.6 Å². The van der Waals surface area contributed by atoms with Crippen LogP contribution in [0.15, 0.2) is 17.5 Å². The van der Waals surface area contributed by atoms with Gasteiger partial charge >= 0.3 is 0 Å². The second-order valence-electron chi connectivity index (χ2n) is 5.42. The van der Waals surface area contributed by atoms with E-state index in [0.29, 0.717) is 25.8 Å². The molecule has 0 radical (unpaired) electrons. The van der Waals surface area contributed by atoms with Crippen molar-refractivity contribution in [2.24, 2.45) is 0 Å². The summed E-state index contributed by atoms with van der Waals surface area (Å²) >= 11 is 1.77. The zero-order chi connectivity index (χ0) is 14.2. The lowest BCUT2D eigenvalue weighted by atomic mass is 10.2. The minimum absolute atomic E-state index is 0.230. The van der Waals surface area contributed by atoms with Crippen LogP contribution in [0.2, 0.25) is 0 Å². The number of nitrogens with one attached hydrogen (secondary N) is 1. The number of hydrogen-bond donors (Lipinski definition) is 2. The summed E-state index contributed by atoms with van der Waals surface area (Å²) in [6, 6.07) is 4.58. The first-order valence-electron chi connectivity index (χ1n) is 7.37. The molecule has 114 valence electrons. The van der Waals surface area contributed by atoms with Gasteiger partial charge in [0.15, 0.2) is 0 Å². The van der Waals surface area contributed by atoms with Crippen molar-refractivity contribution >= 4 is 11.3 Å². The van der Waals surface area contributed by atoms with Gasteiger partial charge in [0.25, 0.3) is 0 Å². The first kappa shape index (κ1) is 15.9. The van der Waals surface area contributed by atoms with Gasteiger partial charge in [-0.2, -0.15) is 0 Å². The van der Waals surface area contributed by atoms with Crippen LogP contribution in [0.1, 0.15) is 24.6 Å². The van der Waals surface area contributed by atoms with E-state index in [1.54, 1.807) is 11.3 Å². The maximum Gasteiger partial charge on any atom is 0.0897 e. The molecule has 1 aromatic heterocycles. The summed E-state index contributed by atoms with van der Waals surface area (Å²) < 4.78 is 11.0. The molecule has 2 heterocycles. The van der Waals surface area contributed by atoms with Crippen LogP contribution in [-0.2, 0) is 15.9 Å². The van der Waals surface area contributed by atoms with Crippen LogP contribution in [0.25, 0.3) is 0 Å². The van der Waals surface area contributed by atoms with Crippen LogP contribution in [0, 0.1) is 0 Å². The van der Waals surface area contributed by atoms with E-state index in [1.807, 2.05) is 0 Å². The van der Waals surface area contributed by atoms with Gasteiger partial charge in [0.2, 0.25) is 0 Å². The highest BCUT2D eigenvalue weighted by Gasteiger charge is 2.16. The molecular formula is C15H25NO3S. The molecule has 0 spiro atoms. The van der Waals surface area contributed by atoms with Crippen molar-refractivity contribution in [3.8, 4) is 0 Å². The van der Waals surface area contributed by atoms with Gasteiger partial charge in [0, 0.05) is 24.1 Å². The van der Waals surface area contributed by atoms with Crippen molar-refractivity contribution in [3.63, 3.8) is 0 Å². The fourth-order valence-corrected chi connectivity index (χ4v) is 3.15. The summed E-state index contributed by atoms with van der Waals surface area (Å²) in [4.78, 5) is 1.37. The first-order valence-corrected chi connectivity index (χ1v) is 8.25. The average molecular weight is 299 g/mol. The zero-order valence-corrected chi connectivity index (χ0v) is 12.9. The maximum atomic E-state index is 9.87. The molecule has 1 aliphatic heterocycles. The molecule has 0 amide bonds. The van der Waals surface area contributed by atoms with E-state index >= 15 is 0 Å². The summed E-state index contributed by atoms with van der Waals surface area (Å²) in [6.45, 7) is 4.52. The van der Waals surface area contributed by atoms with Crippen LogP contribution in [0.5, 0.6) is 0 Å². The number of ether oxygens (including phenoxy) is 2. The Morgan fingerprint density at radius 2 is 2.50 bits per heavy atom. The van der Waals surface area contributed by atoms with Crippen molar-refractivity contribution in [1.29, 1.82) is 0 Å². The van der Waals surface area contributed by atoms with E-state index in [0.717, 1.165) is 25.9 Å². The van der Waals surface area contributed by atoms with E-state index in [4.69, 9.17) is 9.47 Å². The normalized spacial score (nSPS) is 22.0. The van der Waals surface area contributed by atoms with Crippen molar-refractivity contribution in [1.82, 2.24) is 5.32 Å². The number of aliphatic hydroxyl groups excluding tert-OH is 1. The van der Waals surface area contributed by atoms with E-state index in [9.17, 15) is 5.11 Å². The Hall–Kier alpha value is -0.460. The fourth-order valence-electron chi connectivity index (χ4n) is 2.31. The van der Waals surface area contributed by atoms with Crippen LogP contribution >= 0.6 is 11.3 Å². The lowest BCUT2D eigenvalue weighted by Gasteiger charge is -2.17. The molecule has 1 aromatic rings. The van der Waals surface area contributed by atoms with Crippen LogP contribution in [0.4, 0.5) is 0 Å². The topological polar surface area (TPSA) is 50.7 Å². The molecule has 0 bridgehead atoms. The Morgan fingerprint density at radius 1 is 1.60 bits per heavy atom. The van der Waals surface area contributed by atoms with Crippen molar-refractivity contribution in [2.75, 3.05) is 26.4 Å². The average Bonchev–Trinajstić information content (AvgIpc) is 3.09. The SMILES string of the molecule is CC(Cc1cccs1)NCC(O)COCC1CCCO1. The molecule has 1 aliphatic rings. The number of rotatable bonds is 9. The van der Waals surface area contributed by atoms with Gasteiger partial charge in [0.05, 0.1) is 25.4 Å². The summed E-state index contributed by atoms with van der Waals surface area (Å²) in [5.41, 5.74) is 0. The highest BCUT2D eigenvalue weighted by molar-refractivity contribution is 7.09. The van der Waals surface area contributed by atoms with Crippen LogP contribution in [0.3, 0.4) is 0 Å². The van der Waals surface area contributed by atoms with Crippen LogP contribution in [-0.4, -0.2) is 49.7 Å². The first-order chi connectivity index (χ1) is 9.74. The lowest BCUT2D eigenvalue weighted by molar-refractivity contribution is -0.0168. The molecule has 1 fully saturated rings. The quantitative estimate of drug-likeness (QED) is 0.730. The Morgan fingerprint density at radius 3 is 3.20 bits per heavy atom. The van der Waals surface area contributed by atoms with Gasteiger partial charge in [-0.25, -0.2) is 0 Å². The number of hydrogen-bond acceptors (Lipinski definition) is 5. The zero-order valence-electron chi connectivity index (χ0n) is 12.1. The number of thiophene rings is 1. The molecule has 3 unspecified atom stereocenters. The Labute approximate surface area is 125 Å². The largest absolute Gasteiger partial charge is 0.389 e. The van der Waals surface area contributed by atoms with E-state index < -0.39 is 6.10 Å². The molecule has 4 nitrogen and oxygen atoms in total. The smallest absolute Gasteiger partial charge is 0.0897 e. The Balaban J connectivity index is 1.51. The molecule has 0 aliphatic carbocycles. The van der Waals surface area contributed by atoms with Crippen molar-refractivity contribution in [2.45, 2.75) is 44.4 Å². The monoisotopic (exact) mass is 299 g/mol. The van der Waals surface area contributed by atoms with Gasteiger partial charge in [-0.15, -0.1) is 11.3 Å². The maximum absolute atomic E-state index is 9.87. The highest BCUT2D eigenvalue weighted by Crippen LogP contribution is 2.12. The van der Waals surface area contributed by atoms with Crippen molar-refractivity contribution in [3.05, 3.63) is 22.4 Å². The summed E-state index contributed by atoms with van der Waals surface area (Å²) in [6.07, 6.45) is 2.97. The minimum Gasteiger partial charge on any atom is -0.389 e. The standard InChI is InChI=1S/C15H25NO3S/c1-12(8-15-5-3-7-20-15)16-9-13(17)10-18-11-14-4-2-6-19-14/h3,5,7,12-14,16-17H,2,4,6,8-11H2,1H3. The van der Waals surface area contributed by atoms with Gasteiger partial charge in [-0.3, -0.25) is 0 Å². The Bertz CT molecular complexity index is 352. The van der Waals surface area contributed by atoms with E-state index in [2.05, 4.69) is 29.8 Å². The van der Waals surface area contributed by atoms with Gasteiger partial charge in [0.1, 0.15) is 0 Å². The molecule has 20 heavy (non-hydrogen) atoms. The molecule has 0 saturated carbocycles. The van der Waals surface area contributed by atoms with Gasteiger partial charge in [-0.05, 0) is 37.6 Å². The third-order valence-corrected chi connectivity index (χ3v) is 4.33. The molecule has 2 N–H and O–H groups in total. The highest BCUT2D eigenvalue weighted by atomic mass is 32.1. The lowest BCUT2D eigenvalue weighted by Crippen LogP contribution is -2.37. The Kier molecular flexibility index (Phi) is 6.96. The molecule has 5 heteroatoms. The second kappa shape index (κ2) is 8.74. The van der Waals surface area contributed by atoms with Gasteiger partial charge in [-0.1, -0.05) is 6.07 Å². The van der Waals surface area contributed by atoms with Crippen LogP contribution < -0.4 is 5.32 Å². The summed E-state index contributed by atoms with van der Waals surface area (Å²) in [5, 5.41) is 15.3. The molecular weight excluding hydrogens is 274 g/mol. The molecule has 2 rings (SSSR count). The van der Waals surface area contributed by atoms with Gasteiger partial charge < -0.3 is 19.9 Å². The molecule has 3 atom stereocenters. The predicted octanol–water partition coefficient (Wildman–Crippen LogP) is 1.83. The van der Waals surface area contributed by atoms with E-state index in [1.165, 1.54) is 4.88 Å². The predicted molar refractivity (Wildman–Crippen MR) is 81.3 cm³/mol. The minimum atomic E-state index is -0.456. The second-order valence-corrected chi connectivity index (χ2v) is 6.45. The summed E-state index contributed by atoms with van der Waals surface area (Å²) in [7, 11) is 0. The third-order valence-electron chi connectivity index (χ3n) is 3.43. The molecule has 0 aromatic carbocycles. The van der Waals surface area contributed by atoms with E-state index in [-0.39, 0.29) is 6.10 Å². The summed E-state index contributed by atoms with van der Waals surface area (Å²) in [5.74, 6) is 0. The third kappa shape index (κ3) is 5.89.